The molecule has 3 nitrogen and oxygen atoms in total. The van der Waals surface area contributed by atoms with E-state index in [-0.39, 0.29) is 12.4 Å². The zero-order valence-electron chi connectivity index (χ0n) is 17.5. The lowest BCUT2D eigenvalue weighted by molar-refractivity contribution is 0.00710. The van der Waals surface area contributed by atoms with E-state index in [1.807, 2.05) is 13.1 Å². The van der Waals surface area contributed by atoms with Crippen molar-refractivity contribution in [3.63, 3.8) is 0 Å². The quantitative estimate of drug-likeness (QED) is 0.237. The lowest BCUT2D eigenvalue weighted by atomic mass is 10.0. The first kappa shape index (κ1) is 23.4. The van der Waals surface area contributed by atoms with Crippen LogP contribution in [0.2, 0.25) is 0 Å². The Morgan fingerprint density at radius 3 is 2.04 bits per heavy atom. The van der Waals surface area contributed by atoms with Crippen LogP contribution in [-0.4, -0.2) is 35.2 Å². The smallest absolute Gasteiger partial charge is 0.106 e. The number of rotatable bonds is 17. The van der Waals surface area contributed by atoms with Crippen LogP contribution in [0, 0.1) is 0 Å². The molecule has 3 heteroatoms. The van der Waals surface area contributed by atoms with E-state index >= 15 is 0 Å². The standard InChI is InChI=1S/C23H44N2O/c1-3-4-5-6-7-8-9-10-11-12-13-14-15-16-17-18-19-23-24-20-21-25(23)22(2)26/h7-8,20,22-23,26H,3-6,9-19,21H2,1-2H3/b8-7+. The van der Waals surface area contributed by atoms with Crippen molar-refractivity contribution in [3.05, 3.63) is 12.2 Å². The van der Waals surface area contributed by atoms with Crippen molar-refractivity contribution < 1.29 is 5.11 Å². The number of aliphatic hydroxyl groups excluding tert-OH is 1. The second-order valence-corrected chi connectivity index (χ2v) is 7.87. The molecule has 0 aromatic heterocycles. The summed E-state index contributed by atoms with van der Waals surface area (Å²) in [4.78, 5) is 6.55. The second kappa shape index (κ2) is 16.5. The molecule has 0 aliphatic carbocycles. The van der Waals surface area contributed by atoms with Crippen molar-refractivity contribution in [2.45, 2.75) is 123 Å². The molecule has 1 aliphatic heterocycles. The Labute approximate surface area is 163 Å². The third-order valence-electron chi connectivity index (χ3n) is 5.41. The summed E-state index contributed by atoms with van der Waals surface area (Å²) < 4.78 is 0. The van der Waals surface area contributed by atoms with Crippen molar-refractivity contribution in [2.24, 2.45) is 4.99 Å². The van der Waals surface area contributed by atoms with Gasteiger partial charge in [-0.25, -0.2) is 0 Å². The fourth-order valence-electron chi connectivity index (χ4n) is 3.69. The summed E-state index contributed by atoms with van der Waals surface area (Å²) in [5.41, 5.74) is 0. The van der Waals surface area contributed by atoms with Crippen LogP contribution in [0.15, 0.2) is 17.1 Å². The summed E-state index contributed by atoms with van der Waals surface area (Å²) in [6.07, 6.45) is 26.5. The first-order chi connectivity index (χ1) is 12.8. The highest BCUT2D eigenvalue weighted by atomic mass is 16.3. The van der Waals surface area contributed by atoms with Gasteiger partial charge in [-0.2, -0.15) is 0 Å². The Kier molecular flexibility index (Phi) is 14.8. The molecule has 0 spiro atoms. The minimum atomic E-state index is -0.376. The number of hydrogen-bond donors (Lipinski definition) is 1. The van der Waals surface area contributed by atoms with Crippen LogP contribution >= 0.6 is 0 Å². The van der Waals surface area contributed by atoms with Gasteiger partial charge >= 0.3 is 0 Å². The van der Waals surface area contributed by atoms with Gasteiger partial charge in [-0.15, -0.1) is 0 Å². The molecular formula is C23H44N2O. The molecule has 0 saturated carbocycles. The van der Waals surface area contributed by atoms with Gasteiger partial charge in [-0.3, -0.25) is 9.89 Å². The maximum Gasteiger partial charge on any atom is 0.106 e. The van der Waals surface area contributed by atoms with Gasteiger partial charge in [0.15, 0.2) is 0 Å². The van der Waals surface area contributed by atoms with E-state index in [1.165, 1.54) is 89.9 Å². The van der Waals surface area contributed by atoms with Crippen LogP contribution in [-0.2, 0) is 0 Å². The largest absolute Gasteiger partial charge is 0.379 e. The van der Waals surface area contributed by atoms with E-state index in [2.05, 4.69) is 29.0 Å². The summed E-state index contributed by atoms with van der Waals surface area (Å²) >= 11 is 0. The molecule has 0 aromatic carbocycles. The van der Waals surface area contributed by atoms with Crippen molar-refractivity contribution in [3.8, 4) is 0 Å². The average Bonchev–Trinajstić information content (AvgIpc) is 3.10. The summed E-state index contributed by atoms with van der Waals surface area (Å²) in [5.74, 6) is 0. The van der Waals surface area contributed by atoms with E-state index in [9.17, 15) is 5.11 Å². The Balaban J connectivity index is 1.79. The van der Waals surface area contributed by atoms with E-state index < -0.39 is 0 Å². The molecule has 1 N–H and O–H groups in total. The third kappa shape index (κ3) is 11.9. The fraction of sp³-hybridized carbons (Fsp3) is 0.870. The highest BCUT2D eigenvalue weighted by Gasteiger charge is 2.23. The second-order valence-electron chi connectivity index (χ2n) is 7.87. The van der Waals surface area contributed by atoms with Crippen LogP contribution in [0.1, 0.15) is 110 Å². The molecule has 0 fully saturated rings. The molecule has 152 valence electrons. The number of allylic oxidation sites excluding steroid dienone is 2. The topological polar surface area (TPSA) is 35.8 Å². The van der Waals surface area contributed by atoms with E-state index in [0.29, 0.717) is 0 Å². The predicted octanol–water partition coefficient (Wildman–Crippen LogP) is 6.46. The number of aliphatic imine (C=N–C) groups is 1. The van der Waals surface area contributed by atoms with Crippen LogP contribution in [0.4, 0.5) is 0 Å². The van der Waals surface area contributed by atoms with E-state index in [0.717, 1.165) is 13.0 Å². The molecule has 2 atom stereocenters. The Bertz CT molecular complexity index is 365. The van der Waals surface area contributed by atoms with Crippen molar-refractivity contribution in [1.29, 1.82) is 0 Å². The number of aliphatic hydroxyl groups is 1. The third-order valence-corrected chi connectivity index (χ3v) is 5.41. The fourth-order valence-corrected chi connectivity index (χ4v) is 3.69. The highest BCUT2D eigenvalue weighted by molar-refractivity contribution is 5.62. The first-order valence-electron chi connectivity index (χ1n) is 11.4. The molecule has 1 aliphatic rings. The lowest BCUT2D eigenvalue weighted by Crippen LogP contribution is -2.37. The Morgan fingerprint density at radius 1 is 0.923 bits per heavy atom. The summed E-state index contributed by atoms with van der Waals surface area (Å²) in [7, 11) is 0. The maximum atomic E-state index is 9.70. The van der Waals surface area contributed by atoms with Crippen LogP contribution in [0.25, 0.3) is 0 Å². The zero-order chi connectivity index (χ0) is 18.9. The summed E-state index contributed by atoms with van der Waals surface area (Å²) in [5, 5.41) is 9.70. The van der Waals surface area contributed by atoms with Gasteiger partial charge in [0.1, 0.15) is 12.4 Å². The number of hydrogen-bond acceptors (Lipinski definition) is 3. The molecule has 0 amide bonds. The van der Waals surface area contributed by atoms with Gasteiger partial charge < -0.3 is 5.11 Å². The predicted molar refractivity (Wildman–Crippen MR) is 115 cm³/mol. The normalized spacial score (nSPS) is 19.0. The molecule has 0 saturated heterocycles. The molecule has 0 bridgehead atoms. The van der Waals surface area contributed by atoms with E-state index in [1.54, 1.807) is 0 Å². The van der Waals surface area contributed by atoms with Crippen molar-refractivity contribution >= 4 is 6.21 Å². The van der Waals surface area contributed by atoms with E-state index in [4.69, 9.17) is 0 Å². The number of unbranched alkanes of at least 4 members (excludes halogenated alkanes) is 12. The molecule has 0 aromatic rings. The monoisotopic (exact) mass is 364 g/mol. The lowest BCUT2D eigenvalue weighted by Gasteiger charge is -2.25. The van der Waals surface area contributed by atoms with Crippen molar-refractivity contribution in [2.75, 3.05) is 6.54 Å². The van der Waals surface area contributed by atoms with Crippen LogP contribution in [0.5, 0.6) is 0 Å². The molecule has 1 rings (SSSR count). The van der Waals surface area contributed by atoms with Gasteiger partial charge in [0.25, 0.3) is 0 Å². The minimum absolute atomic E-state index is 0.218. The molecule has 1 heterocycles. The van der Waals surface area contributed by atoms with Gasteiger partial charge in [-0.05, 0) is 45.4 Å². The average molecular weight is 365 g/mol. The van der Waals surface area contributed by atoms with Gasteiger partial charge in [0.2, 0.25) is 0 Å². The Morgan fingerprint density at radius 2 is 1.46 bits per heavy atom. The van der Waals surface area contributed by atoms with Gasteiger partial charge in [0, 0.05) is 12.8 Å². The van der Waals surface area contributed by atoms with Crippen molar-refractivity contribution in [1.82, 2.24) is 4.90 Å². The minimum Gasteiger partial charge on any atom is -0.379 e. The zero-order valence-corrected chi connectivity index (χ0v) is 17.5. The molecule has 26 heavy (non-hydrogen) atoms. The first-order valence-corrected chi connectivity index (χ1v) is 11.4. The SMILES string of the molecule is CCCCC/C=C/CCCCCCCCCCCC1N=CCN1C(C)O. The summed E-state index contributed by atoms with van der Waals surface area (Å²) in [6, 6.07) is 0. The van der Waals surface area contributed by atoms with Gasteiger partial charge in [-0.1, -0.05) is 76.9 Å². The highest BCUT2D eigenvalue weighted by Crippen LogP contribution is 2.18. The Hall–Kier alpha value is -0.670. The van der Waals surface area contributed by atoms with Gasteiger partial charge in [0.05, 0.1) is 0 Å². The van der Waals surface area contributed by atoms with Crippen LogP contribution in [0.3, 0.4) is 0 Å². The summed E-state index contributed by atoms with van der Waals surface area (Å²) in [6.45, 7) is 4.91. The van der Waals surface area contributed by atoms with Crippen LogP contribution < -0.4 is 0 Å². The maximum absolute atomic E-state index is 9.70. The molecule has 2 unspecified atom stereocenters. The molecule has 0 radical (unpaired) electrons. The number of nitrogens with zero attached hydrogens (tertiary/aromatic N) is 2. The molecular weight excluding hydrogens is 320 g/mol.